The van der Waals surface area contributed by atoms with Gasteiger partial charge in [0.05, 0.1) is 28.4 Å². The maximum Gasteiger partial charge on any atom is 0.245 e. The molecule has 0 radical (unpaired) electrons. The van der Waals surface area contributed by atoms with E-state index in [1.54, 1.807) is 0 Å². The zero-order valence-corrected chi connectivity index (χ0v) is 51.7. The SMILES string of the molecule is C=C(/C=C\C)N(C(=C)/C=C\CC)c1c(B(c2c(C)cccc2C)c2c(C)cccc2C)c2c(c(N3c4ccc(-c5ccccc5)cc4C(C)(C)c4cc(-c5ccccc5)ccc43)c1N(C(=C)/C=C\C)C(=C)/C=C\CC)C(C)(C)CC2(C)C. The summed E-state index contributed by atoms with van der Waals surface area (Å²) in [6.07, 6.45) is 19.9. The number of benzene rings is 7. The Morgan fingerprint density at radius 3 is 1.27 bits per heavy atom. The molecule has 0 saturated heterocycles. The number of rotatable bonds is 18. The fourth-order valence-corrected chi connectivity index (χ4v) is 14.0. The summed E-state index contributed by atoms with van der Waals surface area (Å²) >= 11 is 0. The van der Waals surface area contributed by atoms with Crippen molar-refractivity contribution < 1.29 is 0 Å². The van der Waals surface area contributed by atoms with Gasteiger partial charge in [0.2, 0.25) is 6.71 Å². The van der Waals surface area contributed by atoms with Gasteiger partial charge in [0.15, 0.2) is 0 Å². The molecule has 0 atom stereocenters. The molecule has 82 heavy (non-hydrogen) atoms. The van der Waals surface area contributed by atoms with Crippen LogP contribution in [0.3, 0.4) is 0 Å². The minimum absolute atomic E-state index is 0.256. The van der Waals surface area contributed by atoms with Gasteiger partial charge < -0.3 is 14.7 Å². The molecule has 1 aliphatic heterocycles. The maximum atomic E-state index is 5.08. The first-order valence-electron chi connectivity index (χ1n) is 29.7. The third-order valence-electron chi connectivity index (χ3n) is 17.3. The fraction of sp³-hybridized carbons (Fsp3) is 0.256. The van der Waals surface area contributed by atoms with Crippen LogP contribution < -0.4 is 31.1 Å². The average molecular weight is 1080 g/mol. The smallest absolute Gasteiger partial charge is 0.245 e. The lowest BCUT2D eigenvalue weighted by atomic mass is 9.32. The summed E-state index contributed by atoms with van der Waals surface area (Å²) in [6.45, 7) is 52.6. The van der Waals surface area contributed by atoms with Crippen molar-refractivity contribution in [3.05, 3.63) is 276 Å². The van der Waals surface area contributed by atoms with Gasteiger partial charge in [0, 0.05) is 28.2 Å². The van der Waals surface area contributed by atoms with E-state index >= 15 is 0 Å². The van der Waals surface area contributed by atoms with Gasteiger partial charge in [-0.25, -0.2) is 0 Å². The summed E-state index contributed by atoms with van der Waals surface area (Å²) in [7, 11) is 0. The van der Waals surface area contributed by atoms with E-state index in [9.17, 15) is 0 Å². The van der Waals surface area contributed by atoms with Crippen LogP contribution in [0.1, 0.15) is 133 Å². The topological polar surface area (TPSA) is 9.72 Å². The van der Waals surface area contributed by atoms with Crippen molar-refractivity contribution in [2.45, 2.75) is 132 Å². The number of anilines is 5. The Bertz CT molecular complexity index is 3580. The first kappa shape index (κ1) is 58.6. The number of aryl methyl sites for hydroxylation is 4. The van der Waals surface area contributed by atoms with Crippen LogP contribution in [0.5, 0.6) is 0 Å². The Morgan fingerprint density at radius 1 is 0.476 bits per heavy atom. The van der Waals surface area contributed by atoms with E-state index < -0.39 is 5.41 Å². The molecule has 1 heterocycles. The maximum absolute atomic E-state index is 5.08. The fourth-order valence-electron chi connectivity index (χ4n) is 14.0. The second-order valence-electron chi connectivity index (χ2n) is 24.6. The number of nitrogens with zero attached hydrogens (tertiary/aromatic N) is 3. The largest absolute Gasteiger partial charge is 0.310 e. The Hall–Kier alpha value is -8.08. The van der Waals surface area contributed by atoms with Crippen LogP contribution in [0, 0.1) is 27.7 Å². The third-order valence-corrected chi connectivity index (χ3v) is 17.3. The Morgan fingerprint density at radius 2 is 0.866 bits per heavy atom. The lowest BCUT2D eigenvalue weighted by Crippen LogP contribution is -2.59. The zero-order chi connectivity index (χ0) is 59.0. The second kappa shape index (κ2) is 23.4. The Labute approximate surface area is 493 Å². The van der Waals surface area contributed by atoms with Gasteiger partial charge in [-0.2, -0.15) is 0 Å². The molecule has 0 bridgehead atoms. The molecule has 4 heteroatoms. The number of hydrogen-bond donors (Lipinski definition) is 0. The summed E-state index contributed by atoms with van der Waals surface area (Å²) < 4.78 is 0. The van der Waals surface area contributed by atoms with Crippen LogP contribution in [0.25, 0.3) is 22.3 Å². The van der Waals surface area contributed by atoms with Crippen molar-refractivity contribution in [2.24, 2.45) is 0 Å². The summed E-state index contributed by atoms with van der Waals surface area (Å²) in [6, 6.07) is 49.7. The van der Waals surface area contributed by atoms with Crippen LogP contribution >= 0.6 is 0 Å². The molecule has 0 fully saturated rings. The highest BCUT2D eigenvalue weighted by Crippen LogP contribution is 2.63. The highest BCUT2D eigenvalue weighted by molar-refractivity contribution is 6.98. The second-order valence-corrected chi connectivity index (χ2v) is 24.6. The Kier molecular flexibility index (Phi) is 16.7. The van der Waals surface area contributed by atoms with E-state index in [1.165, 1.54) is 83.1 Å². The van der Waals surface area contributed by atoms with Gasteiger partial charge in [-0.15, -0.1) is 0 Å². The molecule has 0 saturated carbocycles. The van der Waals surface area contributed by atoms with Crippen molar-refractivity contribution in [1.82, 2.24) is 0 Å². The van der Waals surface area contributed by atoms with Crippen LogP contribution in [0.2, 0.25) is 0 Å². The normalized spacial score (nSPS) is 14.8. The van der Waals surface area contributed by atoms with Crippen molar-refractivity contribution in [1.29, 1.82) is 0 Å². The predicted octanol–water partition coefficient (Wildman–Crippen LogP) is 19.6. The molecule has 416 valence electrons. The molecule has 0 unspecified atom stereocenters. The monoisotopic (exact) mass is 1080 g/mol. The minimum atomic E-state index is -0.444. The van der Waals surface area contributed by atoms with Crippen molar-refractivity contribution in [2.75, 3.05) is 14.7 Å². The lowest BCUT2D eigenvalue weighted by Gasteiger charge is -2.47. The van der Waals surface area contributed by atoms with Crippen molar-refractivity contribution in [3.8, 4) is 22.3 Å². The van der Waals surface area contributed by atoms with Gasteiger partial charge in [-0.3, -0.25) is 0 Å². The van der Waals surface area contributed by atoms with E-state index in [2.05, 4.69) is 294 Å². The highest BCUT2D eigenvalue weighted by Gasteiger charge is 2.53. The first-order valence-corrected chi connectivity index (χ1v) is 29.7. The van der Waals surface area contributed by atoms with Crippen LogP contribution in [-0.2, 0) is 16.2 Å². The van der Waals surface area contributed by atoms with Crippen LogP contribution in [0.4, 0.5) is 28.4 Å². The summed E-state index contributed by atoms with van der Waals surface area (Å²) in [5.41, 5.74) is 25.9. The third kappa shape index (κ3) is 10.5. The molecule has 9 rings (SSSR count). The lowest BCUT2D eigenvalue weighted by molar-refractivity contribution is 0.404. The van der Waals surface area contributed by atoms with Gasteiger partial charge in [-0.1, -0.05) is 248 Å². The van der Waals surface area contributed by atoms with Crippen molar-refractivity contribution >= 4 is 51.5 Å². The summed E-state index contributed by atoms with van der Waals surface area (Å²) in [5, 5.41) is 0. The molecular weight excluding hydrogens is 990 g/mol. The van der Waals surface area contributed by atoms with E-state index in [0.29, 0.717) is 0 Å². The van der Waals surface area contributed by atoms with Crippen LogP contribution in [0.15, 0.2) is 231 Å². The van der Waals surface area contributed by atoms with E-state index in [-0.39, 0.29) is 17.5 Å². The molecule has 0 aromatic heterocycles. The summed E-state index contributed by atoms with van der Waals surface area (Å²) in [4.78, 5) is 7.41. The molecule has 1 aliphatic carbocycles. The van der Waals surface area contributed by atoms with E-state index in [4.69, 9.17) is 26.3 Å². The summed E-state index contributed by atoms with van der Waals surface area (Å²) in [5.74, 6) is 0. The molecule has 3 nitrogen and oxygen atoms in total. The molecule has 2 aliphatic rings. The number of fused-ring (bicyclic) bond motifs is 3. The zero-order valence-electron chi connectivity index (χ0n) is 51.7. The quantitative estimate of drug-likeness (QED) is 0.0626. The average Bonchev–Trinajstić information content (AvgIpc) is 1.75. The van der Waals surface area contributed by atoms with Gasteiger partial charge in [0.25, 0.3) is 0 Å². The number of hydrogen-bond acceptors (Lipinski definition) is 3. The van der Waals surface area contributed by atoms with Gasteiger partial charge in [-0.05, 0) is 170 Å². The van der Waals surface area contributed by atoms with E-state index in [0.717, 1.165) is 70.5 Å². The van der Waals surface area contributed by atoms with Gasteiger partial charge in [0.1, 0.15) is 0 Å². The number of allylic oxidation sites excluding steroid dienone is 8. The molecular formula is C78H86BN3. The highest BCUT2D eigenvalue weighted by atomic mass is 15.3. The molecule has 7 aromatic rings. The first-order chi connectivity index (χ1) is 39.1. The van der Waals surface area contributed by atoms with Gasteiger partial charge >= 0.3 is 0 Å². The molecule has 0 spiro atoms. The molecule has 7 aromatic carbocycles. The standard InChI is InChI=1S/C78H86BN3/c1-19-23-39-58(11)80(56(9)33-21-3)74-72(79(70-52(5)35-31-36-53(70)6)71-54(7)37-32-38-55(71)8)68-69(77(15,16)51-76(68,13)14)73(75(74)81(57(10)34-22-4)59(12)40-24-20-2)82-66-47-45-62(60-41-27-25-28-42-60)49-64(66)78(17,18)65-50-63(46-48-67(65)82)61-43-29-26-30-44-61/h21-50H,9-12,19-20,51H2,1-8,13-18H3/b33-21-,34-22-,39-23-,40-24-. The van der Waals surface area contributed by atoms with E-state index in [1.807, 2.05) is 0 Å². The Balaban J connectivity index is 1.66. The molecule has 0 amide bonds. The molecule has 0 N–H and O–H groups in total. The predicted molar refractivity (Wildman–Crippen MR) is 361 cm³/mol. The van der Waals surface area contributed by atoms with Crippen molar-refractivity contribution in [3.63, 3.8) is 0 Å². The van der Waals surface area contributed by atoms with Crippen LogP contribution in [-0.4, -0.2) is 6.71 Å². The minimum Gasteiger partial charge on any atom is -0.310 e.